The molecule has 1 unspecified atom stereocenters. The zero-order valence-corrected chi connectivity index (χ0v) is 13.1. The van der Waals surface area contributed by atoms with Gasteiger partial charge in [-0.2, -0.15) is 0 Å². The van der Waals surface area contributed by atoms with E-state index in [2.05, 4.69) is 37.8 Å². The van der Waals surface area contributed by atoms with Crippen molar-refractivity contribution in [3.8, 4) is 5.75 Å². The van der Waals surface area contributed by atoms with E-state index >= 15 is 0 Å². The summed E-state index contributed by atoms with van der Waals surface area (Å²) in [6, 6.07) is 8.30. The molecule has 2 N–H and O–H groups in total. The Morgan fingerprint density at radius 1 is 1.20 bits per heavy atom. The number of hydrogen-bond donors (Lipinski definition) is 1. The van der Waals surface area contributed by atoms with E-state index in [1.807, 2.05) is 12.1 Å². The first-order valence-corrected chi connectivity index (χ1v) is 7.79. The van der Waals surface area contributed by atoms with Crippen LogP contribution in [0, 0.1) is 0 Å². The number of nitrogens with zero attached hydrogens (tertiary/aromatic N) is 1. The molecule has 0 radical (unpaired) electrons. The number of benzene rings is 1. The lowest BCUT2D eigenvalue weighted by atomic mass is 9.88. The van der Waals surface area contributed by atoms with E-state index in [0.29, 0.717) is 0 Å². The van der Waals surface area contributed by atoms with E-state index in [4.69, 9.17) is 10.5 Å². The lowest BCUT2D eigenvalue weighted by molar-refractivity contribution is 0.124. The largest absolute Gasteiger partial charge is 0.494 e. The molecule has 0 amide bonds. The van der Waals surface area contributed by atoms with Crippen molar-refractivity contribution < 1.29 is 4.74 Å². The monoisotopic (exact) mass is 276 g/mol. The molecule has 3 nitrogen and oxygen atoms in total. The fourth-order valence-corrected chi connectivity index (χ4v) is 2.89. The van der Waals surface area contributed by atoms with Crippen molar-refractivity contribution in [1.82, 2.24) is 4.90 Å². The number of nitrogens with two attached hydrogens (primary N) is 1. The van der Waals surface area contributed by atoms with Gasteiger partial charge >= 0.3 is 0 Å². The van der Waals surface area contributed by atoms with Crippen molar-refractivity contribution in [2.75, 3.05) is 19.7 Å². The van der Waals surface area contributed by atoms with Gasteiger partial charge in [0.25, 0.3) is 0 Å². The van der Waals surface area contributed by atoms with Crippen LogP contribution in [-0.2, 0) is 0 Å². The molecule has 0 spiro atoms. The Hall–Kier alpha value is -1.06. The van der Waals surface area contributed by atoms with E-state index in [-0.39, 0.29) is 11.6 Å². The Morgan fingerprint density at radius 2 is 1.80 bits per heavy atom. The minimum absolute atomic E-state index is 0.00227. The second kappa shape index (κ2) is 6.59. The van der Waals surface area contributed by atoms with E-state index in [1.54, 1.807) is 0 Å². The van der Waals surface area contributed by atoms with Crippen LogP contribution in [0.25, 0.3) is 0 Å². The van der Waals surface area contributed by atoms with E-state index < -0.39 is 0 Å². The molecule has 1 saturated heterocycles. The normalized spacial score (nSPS) is 18.2. The number of hydrogen-bond acceptors (Lipinski definition) is 3. The first kappa shape index (κ1) is 15.3. The molecule has 0 aliphatic carbocycles. The van der Waals surface area contributed by atoms with Crippen LogP contribution in [0.4, 0.5) is 0 Å². The van der Waals surface area contributed by atoms with Crippen LogP contribution in [0.15, 0.2) is 24.3 Å². The van der Waals surface area contributed by atoms with Gasteiger partial charge in [0.15, 0.2) is 0 Å². The minimum atomic E-state index is 0.00227. The van der Waals surface area contributed by atoms with Gasteiger partial charge in [-0.25, -0.2) is 0 Å². The fraction of sp³-hybridized carbons (Fsp3) is 0.647. The topological polar surface area (TPSA) is 38.5 Å². The minimum Gasteiger partial charge on any atom is -0.494 e. The van der Waals surface area contributed by atoms with Crippen LogP contribution < -0.4 is 10.5 Å². The average Bonchev–Trinajstić information content (AvgIpc) is 3.00. The van der Waals surface area contributed by atoms with Crippen molar-refractivity contribution in [3.63, 3.8) is 0 Å². The van der Waals surface area contributed by atoms with Gasteiger partial charge < -0.3 is 10.5 Å². The number of rotatable bonds is 6. The third kappa shape index (κ3) is 3.33. The summed E-state index contributed by atoms with van der Waals surface area (Å²) in [7, 11) is 0. The van der Waals surface area contributed by atoms with E-state index in [9.17, 15) is 0 Å². The molecule has 1 aromatic carbocycles. The van der Waals surface area contributed by atoms with E-state index in [0.717, 1.165) is 18.8 Å². The zero-order chi connectivity index (χ0) is 14.6. The van der Waals surface area contributed by atoms with Crippen molar-refractivity contribution in [2.45, 2.75) is 51.6 Å². The molecule has 1 aliphatic rings. The highest BCUT2D eigenvalue weighted by Crippen LogP contribution is 2.32. The summed E-state index contributed by atoms with van der Waals surface area (Å²) in [5.41, 5.74) is 7.71. The summed E-state index contributed by atoms with van der Waals surface area (Å²) in [5.74, 6) is 0.932. The molecule has 2 rings (SSSR count). The third-order valence-electron chi connectivity index (χ3n) is 4.39. The van der Waals surface area contributed by atoms with Crippen molar-refractivity contribution in [1.29, 1.82) is 0 Å². The number of likely N-dealkylation sites (tertiary alicyclic amines) is 1. The second-order valence-corrected chi connectivity index (χ2v) is 6.24. The zero-order valence-electron chi connectivity index (χ0n) is 13.1. The van der Waals surface area contributed by atoms with Crippen LogP contribution >= 0.6 is 0 Å². The first-order chi connectivity index (χ1) is 9.55. The summed E-state index contributed by atoms with van der Waals surface area (Å²) >= 11 is 0. The van der Waals surface area contributed by atoms with Gasteiger partial charge in [0.05, 0.1) is 6.61 Å². The summed E-state index contributed by atoms with van der Waals surface area (Å²) in [6.45, 7) is 9.72. The highest BCUT2D eigenvalue weighted by Gasteiger charge is 2.35. The van der Waals surface area contributed by atoms with Gasteiger partial charge in [-0.1, -0.05) is 19.1 Å². The molecule has 3 heteroatoms. The predicted molar refractivity (Wildman–Crippen MR) is 84.0 cm³/mol. The van der Waals surface area contributed by atoms with Gasteiger partial charge in [-0.05, 0) is 63.9 Å². The molecule has 0 aromatic heterocycles. The van der Waals surface area contributed by atoms with Crippen molar-refractivity contribution in [3.05, 3.63) is 29.8 Å². The molecule has 1 aliphatic heterocycles. The van der Waals surface area contributed by atoms with Crippen LogP contribution in [0.3, 0.4) is 0 Å². The SMILES string of the molecule is CCCOc1ccc(C(N)C(C)(C)N2CCCC2)cc1. The molecule has 1 fully saturated rings. The molecule has 20 heavy (non-hydrogen) atoms. The predicted octanol–water partition coefficient (Wildman–Crippen LogP) is 3.35. The van der Waals surface area contributed by atoms with Crippen molar-refractivity contribution in [2.24, 2.45) is 5.73 Å². The Bertz CT molecular complexity index is 408. The van der Waals surface area contributed by atoms with Gasteiger partial charge in [0.2, 0.25) is 0 Å². The van der Waals surface area contributed by atoms with Gasteiger partial charge in [-0.3, -0.25) is 4.90 Å². The Balaban J connectivity index is 2.05. The Labute approximate surface area is 123 Å². The average molecular weight is 276 g/mol. The molecule has 0 saturated carbocycles. The standard InChI is InChI=1S/C17H28N2O/c1-4-13-20-15-9-7-14(8-10-15)16(18)17(2,3)19-11-5-6-12-19/h7-10,16H,4-6,11-13,18H2,1-3H3. The second-order valence-electron chi connectivity index (χ2n) is 6.24. The lowest BCUT2D eigenvalue weighted by Crippen LogP contribution is -2.49. The molecular weight excluding hydrogens is 248 g/mol. The molecule has 1 heterocycles. The molecular formula is C17H28N2O. The number of ether oxygens (including phenoxy) is 1. The Kier molecular flexibility index (Phi) is 5.06. The summed E-state index contributed by atoms with van der Waals surface area (Å²) in [6.07, 6.45) is 3.61. The van der Waals surface area contributed by atoms with Gasteiger partial charge in [0.1, 0.15) is 5.75 Å². The van der Waals surface area contributed by atoms with Crippen LogP contribution in [0.2, 0.25) is 0 Å². The molecule has 1 aromatic rings. The highest BCUT2D eigenvalue weighted by molar-refractivity contribution is 5.30. The fourth-order valence-electron chi connectivity index (χ4n) is 2.89. The maximum atomic E-state index is 6.52. The lowest BCUT2D eigenvalue weighted by Gasteiger charge is -2.40. The first-order valence-electron chi connectivity index (χ1n) is 7.79. The molecule has 1 atom stereocenters. The maximum absolute atomic E-state index is 6.52. The smallest absolute Gasteiger partial charge is 0.119 e. The Morgan fingerprint density at radius 3 is 2.35 bits per heavy atom. The summed E-state index contributed by atoms with van der Waals surface area (Å²) < 4.78 is 5.62. The highest BCUT2D eigenvalue weighted by atomic mass is 16.5. The summed E-state index contributed by atoms with van der Waals surface area (Å²) in [5, 5.41) is 0. The third-order valence-corrected chi connectivity index (χ3v) is 4.39. The molecule has 112 valence electrons. The van der Waals surface area contributed by atoms with Crippen LogP contribution in [0.1, 0.15) is 51.6 Å². The maximum Gasteiger partial charge on any atom is 0.119 e. The van der Waals surface area contributed by atoms with Crippen molar-refractivity contribution >= 4 is 0 Å². The van der Waals surface area contributed by atoms with Crippen LogP contribution in [0.5, 0.6) is 5.75 Å². The van der Waals surface area contributed by atoms with Gasteiger partial charge in [0, 0.05) is 11.6 Å². The summed E-state index contributed by atoms with van der Waals surface area (Å²) in [4.78, 5) is 2.51. The van der Waals surface area contributed by atoms with Gasteiger partial charge in [-0.15, -0.1) is 0 Å². The van der Waals surface area contributed by atoms with Crippen LogP contribution in [-0.4, -0.2) is 30.1 Å². The van der Waals surface area contributed by atoms with E-state index in [1.165, 1.54) is 31.5 Å². The quantitative estimate of drug-likeness (QED) is 0.866. The molecule has 0 bridgehead atoms.